The summed E-state index contributed by atoms with van der Waals surface area (Å²) in [5.74, 6) is 0.632. The van der Waals surface area contributed by atoms with Crippen molar-refractivity contribution in [2.45, 2.75) is 62.9 Å². The van der Waals surface area contributed by atoms with E-state index in [0.717, 1.165) is 48.2 Å². The summed E-state index contributed by atoms with van der Waals surface area (Å²) in [5, 5.41) is 2.68. The summed E-state index contributed by atoms with van der Waals surface area (Å²) in [5.41, 5.74) is 18.3. The minimum atomic E-state index is 0.0408. The smallest absolute Gasteiger partial charge is 0.0730 e. The van der Waals surface area contributed by atoms with Crippen LogP contribution in [0.2, 0.25) is 0 Å². The molecular weight excluding hydrogens is 715 g/mol. The van der Waals surface area contributed by atoms with E-state index < -0.39 is 0 Å². The molecule has 4 atom stereocenters. The lowest BCUT2D eigenvalue weighted by molar-refractivity contribution is 0.597. The van der Waals surface area contributed by atoms with E-state index in [4.69, 9.17) is 4.98 Å². The third-order valence-corrected chi connectivity index (χ3v) is 14.0. The average Bonchev–Trinajstić information content (AvgIpc) is 3.89. The van der Waals surface area contributed by atoms with Gasteiger partial charge >= 0.3 is 0 Å². The number of para-hydroxylation sites is 1. The summed E-state index contributed by atoms with van der Waals surface area (Å²) in [4.78, 5) is 7.95. The predicted octanol–water partition coefficient (Wildman–Crippen LogP) is 11.3. The molecule has 5 aliphatic carbocycles. The van der Waals surface area contributed by atoms with E-state index in [1.807, 2.05) is 0 Å². The van der Waals surface area contributed by atoms with Gasteiger partial charge in [-0.2, -0.15) is 0 Å². The molecule has 0 bridgehead atoms. The van der Waals surface area contributed by atoms with Gasteiger partial charge in [-0.1, -0.05) is 172 Å². The Morgan fingerprint density at radius 2 is 1.44 bits per heavy atom. The van der Waals surface area contributed by atoms with Gasteiger partial charge < -0.3 is 9.47 Å². The first-order chi connectivity index (χ1) is 29.0. The summed E-state index contributed by atoms with van der Waals surface area (Å²) in [6.45, 7) is 4.78. The molecule has 4 unspecified atom stereocenters. The van der Waals surface area contributed by atoms with E-state index in [1.54, 1.807) is 0 Å². The maximum absolute atomic E-state index is 5.22. The van der Waals surface area contributed by atoms with Crippen molar-refractivity contribution in [1.29, 1.82) is 0 Å². The van der Waals surface area contributed by atoms with Crippen LogP contribution in [0.4, 0.5) is 5.69 Å². The highest BCUT2D eigenvalue weighted by atomic mass is 15.2. The highest BCUT2D eigenvalue weighted by Gasteiger charge is 2.44. The molecule has 0 radical (unpaired) electrons. The molecule has 12 rings (SSSR count). The lowest BCUT2D eigenvalue weighted by atomic mass is 9.79. The minimum absolute atomic E-state index is 0.0408. The summed E-state index contributed by atoms with van der Waals surface area (Å²) in [6, 6.07) is 44.7. The zero-order chi connectivity index (χ0) is 39.2. The highest BCUT2D eigenvalue weighted by molar-refractivity contribution is 5.91. The van der Waals surface area contributed by atoms with Gasteiger partial charge in [-0.05, 0) is 77.3 Å². The first kappa shape index (κ1) is 34.6. The van der Waals surface area contributed by atoms with Gasteiger partial charge in [-0.15, -0.1) is 0 Å². The van der Waals surface area contributed by atoms with Crippen LogP contribution in [-0.2, 0) is 11.8 Å². The lowest BCUT2D eigenvalue weighted by Gasteiger charge is -2.37. The number of aromatic nitrogens is 2. The molecule has 0 N–H and O–H groups in total. The molecule has 0 spiro atoms. The Morgan fingerprint density at radius 3 is 2.24 bits per heavy atom. The fourth-order valence-corrected chi connectivity index (χ4v) is 11.3. The van der Waals surface area contributed by atoms with E-state index in [9.17, 15) is 0 Å². The van der Waals surface area contributed by atoms with Gasteiger partial charge in [0.05, 0.1) is 29.2 Å². The summed E-state index contributed by atoms with van der Waals surface area (Å²) in [6.07, 6.45) is 26.7. The molecule has 6 aromatic rings. The van der Waals surface area contributed by atoms with Crippen LogP contribution >= 0.6 is 0 Å². The van der Waals surface area contributed by atoms with Crippen molar-refractivity contribution in [3.63, 3.8) is 0 Å². The largest absolute Gasteiger partial charge is 0.357 e. The van der Waals surface area contributed by atoms with Crippen molar-refractivity contribution in [3.8, 4) is 28.2 Å². The number of nitrogens with zero attached hydrogens (tertiary/aromatic N) is 3. The van der Waals surface area contributed by atoms with E-state index in [0.29, 0.717) is 23.9 Å². The number of hydrogen-bond donors (Lipinski definition) is 0. The van der Waals surface area contributed by atoms with Crippen molar-refractivity contribution in [2.75, 3.05) is 4.90 Å². The van der Waals surface area contributed by atoms with Gasteiger partial charge in [0.15, 0.2) is 0 Å². The van der Waals surface area contributed by atoms with Crippen LogP contribution in [0, 0.1) is 5.92 Å². The second-order valence-electron chi connectivity index (χ2n) is 17.7. The van der Waals surface area contributed by atoms with Crippen LogP contribution in [0.15, 0.2) is 169 Å². The summed E-state index contributed by atoms with van der Waals surface area (Å²) in [7, 11) is 0. The molecule has 0 saturated heterocycles. The highest BCUT2D eigenvalue weighted by Crippen LogP contribution is 2.53. The molecule has 59 heavy (non-hydrogen) atoms. The van der Waals surface area contributed by atoms with Crippen LogP contribution in [0.5, 0.6) is 0 Å². The van der Waals surface area contributed by atoms with Crippen LogP contribution < -0.4 is 15.5 Å². The number of rotatable bonds is 5. The molecule has 1 aliphatic heterocycles. The molecule has 0 saturated carbocycles. The Bertz CT molecular complexity index is 2930. The Labute approximate surface area is 347 Å². The van der Waals surface area contributed by atoms with Crippen LogP contribution in [0.3, 0.4) is 0 Å². The monoisotopic (exact) mass is 761 g/mol. The molecule has 2 aromatic heterocycles. The molecule has 6 aliphatic rings. The van der Waals surface area contributed by atoms with Crippen molar-refractivity contribution in [1.82, 2.24) is 9.55 Å². The van der Waals surface area contributed by atoms with Crippen molar-refractivity contribution < 1.29 is 0 Å². The van der Waals surface area contributed by atoms with Gasteiger partial charge in [-0.25, -0.2) is 4.98 Å². The first-order valence-corrected chi connectivity index (χ1v) is 21.6. The Morgan fingerprint density at radius 1 is 0.712 bits per heavy atom. The molecular formula is C56H47N3. The summed E-state index contributed by atoms with van der Waals surface area (Å²) >= 11 is 0. The number of hydrogen-bond acceptors (Lipinski definition) is 2. The molecule has 0 fully saturated rings. The van der Waals surface area contributed by atoms with Gasteiger partial charge in [0.25, 0.3) is 0 Å². The Balaban J connectivity index is 0.923. The predicted molar refractivity (Wildman–Crippen MR) is 245 cm³/mol. The van der Waals surface area contributed by atoms with Gasteiger partial charge in [0.1, 0.15) is 0 Å². The lowest BCUT2D eigenvalue weighted by Crippen LogP contribution is -2.41. The standard InChI is InChI=1S/C56H47N3/c1-56(2)48-22-12-9-19-42(48)45-33-40(27-28-49(45)56)58-52-23-13-10-20-43(52)46-31-38(25-29-54(46)58)39-26-30-55-47(32-39)44-21-11-14-24-53(44)59(55)41-34-50(36-15-5-3-6-16-36)57-51(35-41)37-17-7-4-8-18-37/h3-13,15-23,25,28-35,39-40,46,54H,14,24,26-27H2,1-2H3. The zero-order valence-electron chi connectivity index (χ0n) is 33.7. The zero-order valence-corrected chi connectivity index (χ0v) is 33.7. The van der Waals surface area contributed by atoms with Crippen molar-refractivity contribution in [2.24, 2.45) is 5.92 Å². The van der Waals surface area contributed by atoms with Crippen LogP contribution in [-0.4, -0.2) is 21.6 Å². The van der Waals surface area contributed by atoms with Gasteiger partial charge in [0, 0.05) is 55.9 Å². The topological polar surface area (TPSA) is 21.1 Å². The number of benzene rings is 4. The normalized spacial score (nSPS) is 22.7. The third kappa shape index (κ3) is 5.37. The molecule has 0 amide bonds. The molecule has 3 nitrogen and oxygen atoms in total. The third-order valence-electron chi connectivity index (χ3n) is 14.0. The van der Waals surface area contributed by atoms with Crippen molar-refractivity contribution in [3.05, 3.63) is 207 Å². The van der Waals surface area contributed by atoms with E-state index >= 15 is 0 Å². The Kier molecular flexibility index (Phi) is 7.79. The van der Waals surface area contributed by atoms with Crippen LogP contribution in [0.25, 0.3) is 52.0 Å². The minimum Gasteiger partial charge on any atom is -0.357 e. The molecule has 286 valence electrons. The molecule has 4 aromatic carbocycles. The van der Waals surface area contributed by atoms with Gasteiger partial charge in [-0.3, -0.25) is 0 Å². The maximum Gasteiger partial charge on any atom is 0.0730 e. The molecule has 3 heterocycles. The Hall–Kier alpha value is -6.45. The fraction of sp³-hybridized carbons (Fsp3) is 0.196. The van der Waals surface area contributed by atoms with E-state index in [1.165, 1.54) is 66.6 Å². The fourth-order valence-electron chi connectivity index (χ4n) is 11.3. The average molecular weight is 762 g/mol. The van der Waals surface area contributed by atoms with Crippen molar-refractivity contribution >= 4 is 29.5 Å². The number of allylic oxidation sites excluding steroid dienone is 5. The molecule has 3 heteroatoms. The number of fused-ring (bicyclic) bond motifs is 9. The number of pyridine rings is 1. The van der Waals surface area contributed by atoms with Gasteiger partial charge in [0.2, 0.25) is 0 Å². The van der Waals surface area contributed by atoms with E-state index in [2.05, 4.69) is 199 Å². The second-order valence-corrected chi connectivity index (χ2v) is 17.7. The quantitative estimate of drug-likeness (QED) is 0.174. The SMILES string of the molecule is CC1(C)C2=CCC(N3c4ccccc4C4C=C(C5C=c6c7c(n(-c8cc(-c9ccccc9)nc(-c9ccccc9)c8)c6=CC5)CCC=C7)C=CC43)C=C2c2ccccc21. The first-order valence-electron chi connectivity index (χ1n) is 21.6. The summed E-state index contributed by atoms with van der Waals surface area (Å²) < 4.78 is 2.55. The van der Waals surface area contributed by atoms with E-state index in [-0.39, 0.29) is 5.41 Å². The second kappa shape index (κ2) is 13.3. The number of anilines is 1. The maximum atomic E-state index is 5.22. The van der Waals surface area contributed by atoms with Crippen LogP contribution in [0.1, 0.15) is 67.0 Å².